The summed E-state index contributed by atoms with van der Waals surface area (Å²) in [5.74, 6) is 1.06. The van der Waals surface area contributed by atoms with Gasteiger partial charge >= 0.3 is 5.97 Å². The lowest BCUT2D eigenvalue weighted by Gasteiger charge is -2.23. The normalized spacial score (nSPS) is 14.4. The predicted molar refractivity (Wildman–Crippen MR) is 178 cm³/mol. The number of benzene rings is 3. The van der Waals surface area contributed by atoms with E-state index in [1.165, 1.54) is 29.2 Å². The van der Waals surface area contributed by atoms with Crippen molar-refractivity contribution in [2.75, 3.05) is 20.3 Å². The van der Waals surface area contributed by atoms with Crippen molar-refractivity contribution in [3.8, 4) is 17.2 Å². The van der Waals surface area contributed by atoms with Crippen molar-refractivity contribution in [3.05, 3.63) is 117 Å². The Labute approximate surface area is 279 Å². The average Bonchev–Trinajstić information content (AvgIpc) is 3.32. The van der Waals surface area contributed by atoms with Gasteiger partial charge in [0.15, 0.2) is 16.3 Å². The van der Waals surface area contributed by atoms with Crippen LogP contribution in [0.25, 0.3) is 6.08 Å². The van der Waals surface area contributed by atoms with Crippen molar-refractivity contribution < 1.29 is 23.7 Å². The van der Waals surface area contributed by atoms with Crippen LogP contribution in [0.5, 0.6) is 17.2 Å². The summed E-state index contributed by atoms with van der Waals surface area (Å²) in [5, 5.41) is 0.641. The van der Waals surface area contributed by atoms with Crippen LogP contribution >= 0.6 is 54.8 Å². The molecule has 0 N–H and O–H groups in total. The number of rotatable bonds is 10. The fraction of sp³-hybridized carbons (Fsp3) is 0.219. The van der Waals surface area contributed by atoms with Gasteiger partial charge in [-0.05, 0) is 83.4 Å². The van der Waals surface area contributed by atoms with Gasteiger partial charge in [-0.3, -0.25) is 9.36 Å². The van der Waals surface area contributed by atoms with Gasteiger partial charge in [0.05, 0.1) is 40.9 Å². The van der Waals surface area contributed by atoms with Crippen molar-refractivity contribution in [2.45, 2.75) is 26.5 Å². The number of thiazole rings is 1. The van der Waals surface area contributed by atoms with Crippen LogP contribution in [-0.4, -0.2) is 30.9 Å². The minimum Gasteiger partial charge on any atom is -0.490 e. The van der Waals surface area contributed by atoms with Gasteiger partial charge in [-0.15, -0.1) is 0 Å². The molecule has 0 bridgehead atoms. The third kappa shape index (κ3) is 6.81. The Morgan fingerprint density at radius 2 is 1.75 bits per heavy atom. The van der Waals surface area contributed by atoms with Gasteiger partial charge in [-0.2, -0.15) is 0 Å². The summed E-state index contributed by atoms with van der Waals surface area (Å²) in [7, 11) is 1.30. The Hall–Kier alpha value is -3.38. The first kappa shape index (κ1) is 32.0. The fourth-order valence-electron chi connectivity index (χ4n) is 4.70. The molecule has 1 aliphatic heterocycles. The quantitative estimate of drug-likeness (QED) is 0.170. The van der Waals surface area contributed by atoms with Crippen LogP contribution < -0.4 is 29.1 Å². The lowest BCUT2D eigenvalue weighted by Crippen LogP contribution is -2.39. The molecule has 1 aliphatic rings. The van der Waals surface area contributed by atoms with Gasteiger partial charge < -0.3 is 18.9 Å². The zero-order chi connectivity index (χ0) is 31.4. The first-order valence-corrected chi connectivity index (χ1v) is 16.4. The largest absolute Gasteiger partial charge is 0.490 e. The number of carbonyl (C=O) groups is 1. The number of fused-ring (bicyclic) bond motifs is 1. The van der Waals surface area contributed by atoms with Crippen LogP contribution in [0.3, 0.4) is 0 Å². The number of halogens is 3. The molecule has 0 saturated heterocycles. The summed E-state index contributed by atoms with van der Waals surface area (Å²) in [6.07, 6.45) is 3.22. The summed E-state index contributed by atoms with van der Waals surface area (Å²) >= 11 is 14.4. The second-order valence-electron chi connectivity index (χ2n) is 9.47. The molecule has 44 heavy (non-hydrogen) atoms. The molecule has 2 heterocycles. The predicted octanol–water partition coefficient (Wildman–Crippen LogP) is 6.57. The third-order valence-corrected chi connectivity index (χ3v) is 8.92. The van der Waals surface area contributed by atoms with E-state index in [0.29, 0.717) is 67.0 Å². The minimum atomic E-state index is -0.800. The molecule has 0 amide bonds. The lowest BCUT2D eigenvalue weighted by atomic mass is 9.97. The zero-order valence-electron chi connectivity index (χ0n) is 23.9. The van der Waals surface area contributed by atoms with Crippen LogP contribution in [0.4, 0.5) is 0 Å². The topological polar surface area (TPSA) is 88.4 Å². The molecule has 228 valence electrons. The highest BCUT2D eigenvalue weighted by molar-refractivity contribution is 9.11. The van der Waals surface area contributed by atoms with Gasteiger partial charge in [0.25, 0.3) is 5.56 Å². The summed E-state index contributed by atoms with van der Waals surface area (Å²) in [6.45, 7) is 4.93. The van der Waals surface area contributed by atoms with Gasteiger partial charge in [0, 0.05) is 21.3 Å². The maximum Gasteiger partial charge on any atom is 0.337 e. The average molecular weight is 763 g/mol. The number of nitrogens with zero attached hydrogens (tertiary/aromatic N) is 2. The van der Waals surface area contributed by atoms with Crippen LogP contribution in [0.15, 0.2) is 85.1 Å². The lowest BCUT2D eigenvalue weighted by molar-refractivity contribution is -0.136. The molecular formula is C32H27Br2ClN2O6S. The number of hydrogen-bond donors (Lipinski definition) is 0. The second kappa shape index (κ2) is 14.2. The molecule has 0 fully saturated rings. The van der Waals surface area contributed by atoms with Gasteiger partial charge in [-0.1, -0.05) is 57.1 Å². The maximum atomic E-state index is 14.1. The van der Waals surface area contributed by atoms with E-state index in [9.17, 15) is 9.59 Å². The minimum absolute atomic E-state index is 0.218. The number of carbonyl (C=O) groups excluding carboxylic acids is 1. The molecule has 0 saturated carbocycles. The Morgan fingerprint density at radius 3 is 2.45 bits per heavy atom. The Bertz CT molecular complexity index is 1920. The summed E-state index contributed by atoms with van der Waals surface area (Å²) < 4.78 is 26.3. The molecule has 12 heteroatoms. The summed E-state index contributed by atoms with van der Waals surface area (Å²) in [5.41, 5.74) is 2.16. The Morgan fingerprint density at radius 1 is 1.02 bits per heavy atom. The van der Waals surface area contributed by atoms with Crippen molar-refractivity contribution in [1.82, 2.24) is 4.57 Å². The van der Waals surface area contributed by atoms with Crippen LogP contribution in [0.1, 0.15) is 36.6 Å². The third-order valence-electron chi connectivity index (χ3n) is 6.63. The zero-order valence-corrected chi connectivity index (χ0v) is 28.7. The summed E-state index contributed by atoms with van der Waals surface area (Å²) in [6, 6.07) is 15.7. The summed E-state index contributed by atoms with van der Waals surface area (Å²) in [4.78, 5) is 31.9. The second-order valence-corrected chi connectivity index (χ2v) is 12.7. The number of hydrogen-bond acceptors (Lipinski definition) is 8. The number of aromatic nitrogens is 1. The highest BCUT2D eigenvalue weighted by atomic mass is 79.9. The highest BCUT2D eigenvalue weighted by Gasteiger charge is 2.31. The van der Waals surface area contributed by atoms with Gasteiger partial charge in [-0.25, -0.2) is 9.79 Å². The van der Waals surface area contributed by atoms with Crippen LogP contribution in [0, 0.1) is 0 Å². The molecule has 5 rings (SSSR count). The molecule has 0 aliphatic carbocycles. The SMILES string of the molecule is CCOc1ccc([C@@H]2C(C(=O)OC)=CN=c3s/c(=C/c4cc(Br)cc(Br)c4OCc4ccc(Cl)cc4)c(=O)n32)cc1OCC. The van der Waals surface area contributed by atoms with E-state index in [0.717, 1.165) is 10.0 Å². The standard InChI is InChI=1S/C32H27Br2ClN2O6S/c1-4-41-25-11-8-19(13-26(25)42-5-2)28-23(31(39)40-3)16-36-32-37(28)30(38)27(44-32)14-20-12-21(33)15-24(34)29(20)43-17-18-6-9-22(35)10-7-18/h6-16,28H,4-5,17H2,1-3H3/b27-14+/t28-/m1/s1. The van der Waals surface area contributed by atoms with E-state index in [-0.39, 0.29) is 11.1 Å². The van der Waals surface area contributed by atoms with E-state index in [4.69, 9.17) is 30.5 Å². The molecule has 0 radical (unpaired) electrons. The van der Waals surface area contributed by atoms with Gasteiger partial charge in [0.2, 0.25) is 0 Å². The molecule has 3 aromatic carbocycles. The van der Waals surface area contributed by atoms with Crippen LogP contribution in [-0.2, 0) is 16.1 Å². The number of ether oxygens (including phenoxy) is 4. The monoisotopic (exact) mass is 760 g/mol. The molecule has 4 aromatic rings. The van der Waals surface area contributed by atoms with Crippen molar-refractivity contribution in [1.29, 1.82) is 0 Å². The highest BCUT2D eigenvalue weighted by Crippen LogP contribution is 2.36. The molecule has 8 nitrogen and oxygen atoms in total. The molecule has 0 spiro atoms. The van der Waals surface area contributed by atoms with Crippen molar-refractivity contribution in [2.24, 2.45) is 4.99 Å². The van der Waals surface area contributed by atoms with Gasteiger partial charge in [0.1, 0.15) is 12.4 Å². The van der Waals surface area contributed by atoms with E-state index in [1.54, 1.807) is 30.3 Å². The maximum absolute atomic E-state index is 14.1. The number of esters is 1. The van der Waals surface area contributed by atoms with E-state index >= 15 is 0 Å². The van der Waals surface area contributed by atoms with Crippen molar-refractivity contribution >= 4 is 66.8 Å². The molecule has 0 unspecified atom stereocenters. The van der Waals surface area contributed by atoms with E-state index in [1.807, 2.05) is 44.2 Å². The number of methoxy groups -OCH3 is 1. The van der Waals surface area contributed by atoms with Crippen LogP contribution in [0.2, 0.25) is 5.02 Å². The molecule has 1 aromatic heterocycles. The Balaban J connectivity index is 1.62. The van der Waals surface area contributed by atoms with Crippen molar-refractivity contribution in [3.63, 3.8) is 0 Å². The first-order valence-electron chi connectivity index (χ1n) is 13.6. The van der Waals surface area contributed by atoms with E-state index < -0.39 is 12.0 Å². The molecular weight excluding hydrogens is 736 g/mol. The first-order chi connectivity index (χ1) is 21.2. The molecule has 1 atom stereocenters. The van der Waals surface area contributed by atoms with E-state index in [2.05, 4.69) is 36.9 Å². The fourth-order valence-corrected chi connectivity index (χ4v) is 7.16. The Kier molecular flexibility index (Phi) is 10.3. The smallest absolute Gasteiger partial charge is 0.337 e.